The molecule has 126 valence electrons. The molecule has 2 rings (SSSR count). The summed E-state index contributed by atoms with van der Waals surface area (Å²) in [6.07, 6.45) is 0.503. The summed E-state index contributed by atoms with van der Waals surface area (Å²) in [5.41, 5.74) is -1.33. The topological polar surface area (TPSA) is 69.6 Å². The molecule has 0 atom stereocenters. The number of benzene rings is 1. The number of anilines is 1. The van der Waals surface area contributed by atoms with Gasteiger partial charge in [-0.1, -0.05) is 12.1 Å². The second-order valence-corrected chi connectivity index (χ2v) is 6.08. The van der Waals surface area contributed by atoms with E-state index in [-0.39, 0.29) is 30.9 Å². The Morgan fingerprint density at radius 3 is 2.26 bits per heavy atom. The van der Waals surface area contributed by atoms with Crippen LogP contribution in [0.3, 0.4) is 0 Å². The number of carbonyl (C=O) groups excluding carboxylic acids is 2. The predicted octanol–water partition coefficient (Wildman–Crippen LogP) is 1.81. The van der Waals surface area contributed by atoms with Crippen molar-refractivity contribution in [2.45, 2.75) is 37.2 Å². The van der Waals surface area contributed by atoms with Crippen LogP contribution in [0.25, 0.3) is 0 Å². The van der Waals surface area contributed by atoms with E-state index >= 15 is 0 Å². The van der Waals surface area contributed by atoms with E-state index in [1.807, 2.05) is 0 Å². The molecule has 7 heteroatoms. The third-order valence-corrected chi connectivity index (χ3v) is 4.12. The molecule has 0 unspecified atom stereocenters. The van der Waals surface area contributed by atoms with Gasteiger partial charge in [0.2, 0.25) is 5.91 Å². The number of carbonyl (C=O) groups is 2. The molecular formula is C16H20F2N2O3. The first-order valence-corrected chi connectivity index (χ1v) is 7.36. The first-order valence-electron chi connectivity index (χ1n) is 7.36. The Labute approximate surface area is 133 Å². The van der Waals surface area contributed by atoms with Gasteiger partial charge in [-0.15, -0.1) is 0 Å². The maximum atomic E-state index is 14.0. The second kappa shape index (κ2) is 6.23. The van der Waals surface area contributed by atoms with Crippen LogP contribution < -0.4 is 5.32 Å². The summed E-state index contributed by atoms with van der Waals surface area (Å²) in [6, 6.07) is 6.09. The molecule has 1 aromatic rings. The molecule has 1 aliphatic carbocycles. The lowest BCUT2D eigenvalue weighted by atomic mass is 9.75. The third-order valence-electron chi connectivity index (χ3n) is 4.12. The molecule has 1 aliphatic rings. The van der Waals surface area contributed by atoms with Gasteiger partial charge < -0.3 is 15.3 Å². The van der Waals surface area contributed by atoms with E-state index in [9.17, 15) is 23.5 Å². The third kappa shape index (κ3) is 3.50. The van der Waals surface area contributed by atoms with Crippen molar-refractivity contribution < 1.29 is 23.5 Å². The largest absolute Gasteiger partial charge is 0.383 e. The Hall–Kier alpha value is -2.02. The van der Waals surface area contributed by atoms with E-state index in [1.54, 1.807) is 26.2 Å². The van der Waals surface area contributed by atoms with E-state index in [1.165, 1.54) is 17.0 Å². The normalized spacial score (nSPS) is 16.4. The van der Waals surface area contributed by atoms with Crippen LogP contribution in [-0.4, -0.2) is 47.4 Å². The quantitative estimate of drug-likeness (QED) is 0.867. The highest BCUT2D eigenvalue weighted by Gasteiger charge is 2.61. The first kappa shape index (κ1) is 17.3. The van der Waals surface area contributed by atoms with E-state index in [0.717, 1.165) is 0 Å². The van der Waals surface area contributed by atoms with Gasteiger partial charge in [0.1, 0.15) is 5.60 Å². The Morgan fingerprint density at radius 1 is 1.26 bits per heavy atom. The molecule has 0 heterocycles. The Bertz CT molecular complexity index is 596. The molecule has 1 fully saturated rings. The van der Waals surface area contributed by atoms with Gasteiger partial charge in [-0.25, -0.2) is 0 Å². The summed E-state index contributed by atoms with van der Waals surface area (Å²) in [4.78, 5) is 24.8. The van der Waals surface area contributed by atoms with Gasteiger partial charge in [-0.2, -0.15) is 8.78 Å². The highest BCUT2D eigenvalue weighted by molar-refractivity contribution is 5.97. The van der Waals surface area contributed by atoms with Crippen LogP contribution in [-0.2, 0) is 16.0 Å². The molecule has 0 spiro atoms. The minimum atomic E-state index is -3.83. The average Bonchev–Trinajstić information content (AvgIpc) is 2.46. The number of likely N-dealkylation sites (N-methyl/N-ethyl adjacent to an activating group) is 1. The second-order valence-electron chi connectivity index (χ2n) is 6.08. The lowest BCUT2D eigenvalue weighted by molar-refractivity contribution is -0.212. The van der Waals surface area contributed by atoms with Gasteiger partial charge in [0.05, 0.1) is 6.42 Å². The van der Waals surface area contributed by atoms with Crippen molar-refractivity contribution in [3.05, 3.63) is 29.8 Å². The van der Waals surface area contributed by atoms with Crippen LogP contribution in [0.2, 0.25) is 0 Å². The van der Waals surface area contributed by atoms with Crippen molar-refractivity contribution in [1.82, 2.24) is 4.90 Å². The summed E-state index contributed by atoms with van der Waals surface area (Å²) in [5, 5.41) is 11.8. The van der Waals surface area contributed by atoms with Crippen LogP contribution in [0.5, 0.6) is 0 Å². The number of nitrogens with one attached hydrogen (secondary N) is 1. The van der Waals surface area contributed by atoms with Crippen LogP contribution in [0, 0.1) is 0 Å². The van der Waals surface area contributed by atoms with Gasteiger partial charge >= 0.3 is 5.92 Å². The van der Waals surface area contributed by atoms with Crippen molar-refractivity contribution in [3.63, 3.8) is 0 Å². The number of amides is 2. The molecule has 0 radical (unpaired) electrons. The number of hydrogen-bond acceptors (Lipinski definition) is 3. The molecule has 0 saturated heterocycles. The van der Waals surface area contributed by atoms with E-state index in [4.69, 9.17) is 0 Å². The number of rotatable bonds is 5. The van der Waals surface area contributed by atoms with E-state index in [2.05, 4.69) is 5.32 Å². The summed E-state index contributed by atoms with van der Waals surface area (Å²) in [6.45, 7) is 0. The minimum absolute atomic E-state index is 0.0828. The highest BCUT2D eigenvalue weighted by Crippen LogP contribution is 2.44. The van der Waals surface area contributed by atoms with E-state index < -0.39 is 17.4 Å². The molecule has 0 bridgehead atoms. The number of nitrogens with zero attached hydrogens (tertiary/aromatic N) is 1. The van der Waals surface area contributed by atoms with E-state index in [0.29, 0.717) is 12.0 Å². The van der Waals surface area contributed by atoms with Crippen molar-refractivity contribution in [2.75, 3.05) is 19.4 Å². The molecule has 2 amide bonds. The molecular weight excluding hydrogens is 306 g/mol. The summed E-state index contributed by atoms with van der Waals surface area (Å²) >= 11 is 0. The fourth-order valence-corrected chi connectivity index (χ4v) is 2.29. The Kier molecular flexibility index (Phi) is 4.70. The Balaban J connectivity index is 2.00. The van der Waals surface area contributed by atoms with Gasteiger partial charge in [-0.05, 0) is 37.0 Å². The minimum Gasteiger partial charge on any atom is -0.383 e. The number of hydrogen-bond donors (Lipinski definition) is 2. The fraction of sp³-hybridized carbons (Fsp3) is 0.500. The Morgan fingerprint density at radius 2 is 1.83 bits per heavy atom. The summed E-state index contributed by atoms with van der Waals surface area (Å²) in [7, 11) is 3.29. The number of halogens is 2. The lowest BCUT2D eigenvalue weighted by Crippen LogP contribution is -2.59. The summed E-state index contributed by atoms with van der Waals surface area (Å²) in [5.74, 6) is -5.43. The smallest absolute Gasteiger partial charge is 0.352 e. The monoisotopic (exact) mass is 326 g/mol. The van der Waals surface area contributed by atoms with Crippen molar-refractivity contribution in [3.8, 4) is 0 Å². The average molecular weight is 326 g/mol. The molecule has 5 nitrogen and oxygen atoms in total. The first-order chi connectivity index (χ1) is 10.7. The van der Waals surface area contributed by atoms with Gasteiger partial charge in [0, 0.05) is 19.8 Å². The lowest BCUT2D eigenvalue weighted by Gasteiger charge is -2.41. The van der Waals surface area contributed by atoms with Crippen molar-refractivity contribution in [2.24, 2.45) is 0 Å². The van der Waals surface area contributed by atoms with Crippen molar-refractivity contribution in [1.29, 1.82) is 0 Å². The zero-order chi connectivity index (χ0) is 17.3. The predicted molar refractivity (Wildman–Crippen MR) is 81.2 cm³/mol. The maximum Gasteiger partial charge on any atom is 0.352 e. The number of alkyl halides is 2. The van der Waals surface area contributed by atoms with Gasteiger partial charge in [0.25, 0.3) is 5.91 Å². The van der Waals surface area contributed by atoms with Crippen molar-refractivity contribution >= 4 is 17.5 Å². The zero-order valence-corrected chi connectivity index (χ0v) is 13.1. The van der Waals surface area contributed by atoms with Crippen LogP contribution in [0.1, 0.15) is 24.8 Å². The molecule has 1 aromatic carbocycles. The molecule has 2 N–H and O–H groups in total. The molecule has 1 saturated carbocycles. The van der Waals surface area contributed by atoms with Gasteiger partial charge in [0.15, 0.2) is 0 Å². The maximum absolute atomic E-state index is 14.0. The standard InChI is InChI=1S/C16H20F2N2O3/c1-20(2)13(21)10-11-4-6-12(7-5-11)19-14(22)16(17,18)15(23)8-3-9-15/h4-7,23H,3,8-10H2,1-2H3,(H,19,22). The van der Waals surface area contributed by atoms with Crippen LogP contribution in [0.15, 0.2) is 24.3 Å². The number of aliphatic hydroxyl groups is 1. The van der Waals surface area contributed by atoms with Crippen LogP contribution >= 0.6 is 0 Å². The molecule has 0 aromatic heterocycles. The zero-order valence-electron chi connectivity index (χ0n) is 13.1. The highest BCUT2D eigenvalue weighted by atomic mass is 19.3. The molecule has 0 aliphatic heterocycles. The summed E-state index contributed by atoms with van der Waals surface area (Å²) < 4.78 is 27.9. The molecule has 23 heavy (non-hydrogen) atoms. The van der Waals surface area contributed by atoms with Crippen LogP contribution in [0.4, 0.5) is 14.5 Å². The SMILES string of the molecule is CN(C)C(=O)Cc1ccc(NC(=O)C(F)(F)C2(O)CCC2)cc1. The fourth-order valence-electron chi connectivity index (χ4n) is 2.29. The van der Waals surface area contributed by atoms with Gasteiger partial charge in [-0.3, -0.25) is 9.59 Å².